The smallest absolute Gasteiger partial charge is 0.240 e. The molecule has 0 aliphatic carbocycles. The summed E-state index contributed by atoms with van der Waals surface area (Å²) in [5.74, 6) is 0.487. The lowest BCUT2D eigenvalue weighted by Gasteiger charge is -2.39. The molecule has 2 aromatic heterocycles. The average Bonchev–Trinajstić information content (AvgIpc) is 3.13. The summed E-state index contributed by atoms with van der Waals surface area (Å²) in [7, 11) is -6.19. The van der Waals surface area contributed by atoms with Crippen molar-refractivity contribution in [3.63, 3.8) is 0 Å². The molecule has 1 saturated heterocycles. The normalized spacial score (nSPS) is 18.7. The van der Waals surface area contributed by atoms with Crippen LogP contribution in [-0.2, 0) is 16.4 Å². The molecular weight excluding hydrogens is 410 g/mol. The molecule has 7 nitrogen and oxygen atoms in total. The van der Waals surface area contributed by atoms with E-state index < -0.39 is 20.6 Å². The zero-order chi connectivity index (χ0) is 20.6. The molecule has 29 heavy (non-hydrogen) atoms. The molecule has 3 aromatic rings. The molecule has 0 saturated carbocycles. The number of nitrogens with zero attached hydrogens (tertiary/aromatic N) is 1. The lowest BCUT2D eigenvalue weighted by molar-refractivity contribution is 0.444. The Morgan fingerprint density at radius 1 is 1.17 bits per heavy atom. The van der Waals surface area contributed by atoms with Gasteiger partial charge in [-0.15, -0.1) is 0 Å². The summed E-state index contributed by atoms with van der Waals surface area (Å²) in [4.78, 5) is 7.87. The molecule has 4 rings (SSSR count). The van der Waals surface area contributed by atoms with Crippen LogP contribution in [0.15, 0.2) is 47.5 Å². The van der Waals surface area contributed by atoms with Crippen LogP contribution in [0.2, 0.25) is 0 Å². The predicted octanol–water partition coefficient (Wildman–Crippen LogP) is 3.98. The van der Waals surface area contributed by atoms with Crippen molar-refractivity contribution in [2.45, 2.75) is 37.1 Å². The Bertz CT molecular complexity index is 1110. The van der Waals surface area contributed by atoms with E-state index in [-0.39, 0.29) is 22.4 Å². The highest BCUT2D eigenvalue weighted by Crippen LogP contribution is 2.44. The number of nitrogens with one attached hydrogen (secondary N) is 2. The van der Waals surface area contributed by atoms with Crippen LogP contribution in [0.5, 0.6) is 0 Å². The summed E-state index contributed by atoms with van der Waals surface area (Å²) in [6.07, 6.45) is 3.49. The number of aromatic nitrogens is 2. The lowest BCUT2D eigenvalue weighted by atomic mass is 10.0. The van der Waals surface area contributed by atoms with Crippen LogP contribution in [0.3, 0.4) is 0 Å². The van der Waals surface area contributed by atoms with Crippen LogP contribution in [0.4, 0.5) is 0 Å². The number of hydrogen-bond acceptors (Lipinski definition) is 5. The zero-order valence-corrected chi connectivity index (χ0v) is 17.8. The van der Waals surface area contributed by atoms with Crippen molar-refractivity contribution in [1.82, 2.24) is 14.7 Å². The Balaban J connectivity index is 1.56. The number of aromatic amines is 1. The first-order chi connectivity index (χ1) is 13.8. The molecular formula is C20H25N3O4S2. The largest absolute Gasteiger partial charge is 0.343 e. The van der Waals surface area contributed by atoms with Gasteiger partial charge in [0.15, 0.2) is 0 Å². The van der Waals surface area contributed by atoms with E-state index in [4.69, 9.17) is 0 Å². The van der Waals surface area contributed by atoms with E-state index in [0.717, 1.165) is 34.3 Å². The number of benzene rings is 1. The molecule has 9 heteroatoms. The number of pyridine rings is 1. The van der Waals surface area contributed by atoms with Crippen molar-refractivity contribution in [2.75, 3.05) is 11.5 Å². The lowest BCUT2D eigenvalue weighted by Crippen LogP contribution is -2.39. The van der Waals surface area contributed by atoms with Crippen molar-refractivity contribution >= 4 is 31.6 Å². The Labute approximate surface area is 172 Å². The highest BCUT2D eigenvalue weighted by atomic mass is 32.3. The summed E-state index contributed by atoms with van der Waals surface area (Å²) in [6, 6.07) is 10.6. The molecule has 0 radical (unpaired) electrons. The van der Waals surface area contributed by atoms with Gasteiger partial charge in [0.05, 0.1) is 4.90 Å². The average molecular weight is 436 g/mol. The second-order valence-corrected chi connectivity index (χ2v) is 11.5. The quantitative estimate of drug-likeness (QED) is 0.484. The van der Waals surface area contributed by atoms with Crippen LogP contribution in [-0.4, -0.2) is 45.0 Å². The standard InChI is InChI=1S/C20H25N3O4S2/c1-2-15-13-19-18(7-10-21-20(19)22-15)14-3-5-17(6-4-14)29(26,27)23-16-8-11-28(24,25)12-9-16/h3-7,10,13,16,23-25H,2,8-9,11-12H2,1H3,(H,21,22). The highest BCUT2D eigenvalue weighted by molar-refractivity contribution is 8.24. The number of rotatable bonds is 5. The van der Waals surface area contributed by atoms with Gasteiger partial charge in [-0.05, 0) is 54.7 Å². The third-order valence-electron chi connectivity index (χ3n) is 5.35. The third-order valence-corrected chi connectivity index (χ3v) is 8.67. The summed E-state index contributed by atoms with van der Waals surface area (Å²) < 4.78 is 47.5. The fraction of sp³-hybridized carbons (Fsp3) is 0.350. The highest BCUT2D eigenvalue weighted by Gasteiger charge is 2.27. The fourth-order valence-corrected chi connectivity index (χ4v) is 6.48. The van der Waals surface area contributed by atoms with Crippen LogP contribution in [0.25, 0.3) is 22.2 Å². The van der Waals surface area contributed by atoms with E-state index in [1.165, 1.54) is 0 Å². The molecule has 1 aliphatic rings. The Kier molecular flexibility index (Phi) is 5.43. The van der Waals surface area contributed by atoms with Gasteiger partial charge in [-0.1, -0.05) is 19.1 Å². The van der Waals surface area contributed by atoms with E-state index in [1.54, 1.807) is 30.5 Å². The molecule has 0 atom stereocenters. The molecule has 0 bridgehead atoms. The first-order valence-corrected chi connectivity index (χ1v) is 13.0. The molecule has 4 N–H and O–H groups in total. The monoisotopic (exact) mass is 435 g/mol. The summed E-state index contributed by atoms with van der Waals surface area (Å²) >= 11 is 0. The number of fused-ring (bicyclic) bond motifs is 1. The van der Waals surface area contributed by atoms with E-state index in [2.05, 4.69) is 27.7 Å². The SMILES string of the molecule is CCc1cc2c(-c3ccc(S(=O)(=O)NC4CCS(O)(O)CC4)cc3)ccnc2[nH]1. The van der Waals surface area contributed by atoms with Crippen molar-refractivity contribution in [3.05, 3.63) is 48.3 Å². The Morgan fingerprint density at radius 2 is 1.86 bits per heavy atom. The van der Waals surface area contributed by atoms with Gasteiger partial charge in [0.2, 0.25) is 10.0 Å². The van der Waals surface area contributed by atoms with Crippen molar-refractivity contribution < 1.29 is 17.5 Å². The van der Waals surface area contributed by atoms with Gasteiger partial charge in [0, 0.05) is 34.8 Å². The maximum atomic E-state index is 12.7. The summed E-state index contributed by atoms with van der Waals surface area (Å²) in [6.45, 7) is 2.08. The molecule has 0 spiro atoms. The maximum absolute atomic E-state index is 12.7. The van der Waals surface area contributed by atoms with Crippen LogP contribution < -0.4 is 4.72 Å². The van der Waals surface area contributed by atoms with E-state index in [1.807, 2.05) is 6.07 Å². The maximum Gasteiger partial charge on any atom is 0.240 e. The molecule has 1 aliphatic heterocycles. The van der Waals surface area contributed by atoms with Crippen LogP contribution in [0.1, 0.15) is 25.5 Å². The van der Waals surface area contributed by atoms with E-state index in [0.29, 0.717) is 12.8 Å². The Morgan fingerprint density at radius 3 is 2.52 bits per heavy atom. The van der Waals surface area contributed by atoms with Gasteiger partial charge >= 0.3 is 0 Å². The third kappa shape index (κ3) is 4.34. The van der Waals surface area contributed by atoms with Crippen molar-refractivity contribution in [2.24, 2.45) is 0 Å². The zero-order valence-electron chi connectivity index (χ0n) is 16.1. The first-order valence-electron chi connectivity index (χ1n) is 9.60. The first kappa shape index (κ1) is 20.4. The fourth-order valence-electron chi connectivity index (χ4n) is 3.65. The van der Waals surface area contributed by atoms with Gasteiger partial charge in [-0.25, -0.2) is 18.1 Å². The van der Waals surface area contributed by atoms with Gasteiger partial charge < -0.3 is 4.98 Å². The molecule has 0 unspecified atom stereocenters. The molecule has 0 amide bonds. The minimum absolute atomic E-state index is 0.201. The van der Waals surface area contributed by atoms with Gasteiger partial charge in [0.1, 0.15) is 5.65 Å². The number of sulfonamides is 1. The molecule has 1 fully saturated rings. The minimum Gasteiger partial charge on any atom is -0.343 e. The van der Waals surface area contributed by atoms with Crippen molar-refractivity contribution in [3.8, 4) is 11.1 Å². The van der Waals surface area contributed by atoms with Gasteiger partial charge in [0.25, 0.3) is 0 Å². The molecule has 1 aromatic carbocycles. The summed E-state index contributed by atoms with van der Waals surface area (Å²) in [5, 5.41) is 1.01. The number of aryl methyl sites for hydroxylation is 1. The number of H-pyrrole nitrogens is 1. The van der Waals surface area contributed by atoms with Crippen LogP contribution >= 0.6 is 10.6 Å². The van der Waals surface area contributed by atoms with E-state index in [9.17, 15) is 17.5 Å². The van der Waals surface area contributed by atoms with Crippen molar-refractivity contribution in [1.29, 1.82) is 0 Å². The van der Waals surface area contributed by atoms with Gasteiger partial charge in [-0.2, -0.15) is 10.6 Å². The molecule has 156 valence electrons. The Hall–Kier alpha value is -1.91. The second kappa shape index (κ2) is 7.73. The van der Waals surface area contributed by atoms with Crippen LogP contribution in [0, 0.1) is 0 Å². The predicted molar refractivity (Wildman–Crippen MR) is 117 cm³/mol. The topological polar surface area (TPSA) is 115 Å². The minimum atomic E-state index is -3.66. The second-order valence-electron chi connectivity index (χ2n) is 7.40. The summed E-state index contributed by atoms with van der Waals surface area (Å²) in [5.41, 5.74) is 3.85. The molecule has 3 heterocycles. The number of hydrogen-bond donors (Lipinski definition) is 4. The van der Waals surface area contributed by atoms with E-state index >= 15 is 0 Å². The van der Waals surface area contributed by atoms with Gasteiger partial charge in [-0.3, -0.25) is 9.11 Å².